The highest BCUT2D eigenvalue weighted by atomic mass is 32.1. The van der Waals surface area contributed by atoms with Gasteiger partial charge in [0.25, 0.3) is 5.91 Å². The van der Waals surface area contributed by atoms with E-state index in [1.807, 2.05) is 36.6 Å². The minimum atomic E-state index is -0.235. The van der Waals surface area contributed by atoms with Crippen LogP contribution >= 0.6 is 11.3 Å². The summed E-state index contributed by atoms with van der Waals surface area (Å²) in [6.45, 7) is 2.93. The maximum Gasteiger partial charge on any atom is 0.289 e. The van der Waals surface area contributed by atoms with E-state index in [9.17, 15) is 9.59 Å². The van der Waals surface area contributed by atoms with Crippen LogP contribution in [0, 0.1) is 12.8 Å². The second-order valence-electron chi connectivity index (χ2n) is 6.47. The molecule has 7 heteroatoms. The Kier molecular flexibility index (Phi) is 4.46. The Bertz CT molecular complexity index is 948. The van der Waals surface area contributed by atoms with Gasteiger partial charge >= 0.3 is 0 Å². The second kappa shape index (κ2) is 6.92. The lowest BCUT2D eigenvalue weighted by Crippen LogP contribution is -2.43. The number of amides is 2. The molecule has 1 saturated heterocycles. The van der Waals surface area contributed by atoms with E-state index < -0.39 is 0 Å². The molecule has 1 unspecified atom stereocenters. The molecule has 0 saturated carbocycles. The second-order valence-corrected chi connectivity index (χ2v) is 7.36. The summed E-state index contributed by atoms with van der Waals surface area (Å²) in [5, 5.41) is 6.19. The van der Waals surface area contributed by atoms with Crippen molar-refractivity contribution in [1.29, 1.82) is 0 Å². The van der Waals surface area contributed by atoms with Crippen LogP contribution in [-0.2, 0) is 4.79 Å². The van der Waals surface area contributed by atoms with E-state index in [2.05, 4.69) is 10.3 Å². The van der Waals surface area contributed by atoms with E-state index in [-0.39, 0.29) is 17.7 Å². The van der Waals surface area contributed by atoms with Crippen LogP contribution in [0.5, 0.6) is 0 Å². The number of nitrogens with zero attached hydrogens (tertiary/aromatic N) is 2. The Morgan fingerprint density at radius 1 is 1.35 bits per heavy atom. The first-order valence-corrected chi connectivity index (χ1v) is 9.49. The summed E-state index contributed by atoms with van der Waals surface area (Å²) in [6.07, 6.45) is 3.21. The predicted molar refractivity (Wildman–Crippen MR) is 100 cm³/mol. The molecule has 0 spiro atoms. The zero-order valence-corrected chi connectivity index (χ0v) is 15.2. The number of hydrogen-bond acceptors (Lipinski definition) is 5. The van der Waals surface area contributed by atoms with Crippen LogP contribution < -0.4 is 5.32 Å². The molecule has 2 aromatic heterocycles. The normalized spacial score (nSPS) is 17.4. The molecule has 2 amide bonds. The fourth-order valence-corrected chi connectivity index (χ4v) is 3.92. The number of aromatic nitrogens is 1. The Morgan fingerprint density at radius 2 is 2.19 bits per heavy atom. The number of furan rings is 1. The molecule has 0 bridgehead atoms. The van der Waals surface area contributed by atoms with Gasteiger partial charge in [-0.1, -0.05) is 18.2 Å². The first kappa shape index (κ1) is 16.8. The van der Waals surface area contributed by atoms with Crippen molar-refractivity contribution >= 4 is 39.3 Å². The van der Waals surface area contributed by atoms with E-state index >= 15 is 0 Å². The summed E-state index contributed by atoms with van der Waals surface area (Å²) < 4.78 is 5.79. The summed E-state index contributed by atoms with van der Waals surface area (Å²) in [7, 11) is 0. The Morgan fingerprint density at radius 3 is 2.96 bits per heavy atom. The number of benzene rings is 1. The molecule has 134 valence electrons. The third-order valence-electron chi connectivity index (χ3n) is 4.78. The molecule has 1 fully saturated rings. The molecule has 4 rings (SSSR count). The molecule has 1 aromatic carbocycles. The SMILES string of the molecule is Cc1c(C(=O)N2CCCC(C(=O)Nc3nccs3)C2)oc2ccccc12. The summed E-state index contributed by atoms with van der Waals surface area (Å²) in [4.78, 5) is 31.2. The maximum atomic E-state index is 13.0. The van der Waals surface area contributed by atoms with Gasteiger partial charge in [0.15, 0.2) is 10.9 Å². The van der Waals surface area contributed by atoms with Crippen LogP contribution in [0.4, 0.5) is 5.13 Å². The van der Waals surface area contributed by atoms with Gasteiger partial charge in [0, 0.05) is 35.6 Å². The number of carbonyl (C=O) groups excluding carboxylic acids is 2. The highest BCUT2D eigenvalue weighted by Gasteiger charge is 2.31. The molecule has 1 atom stereocenters. The first-order valence-electron chi connectivity index (χ1n) is 8.61. The van der Waals surface area contributed by atoms with Gasteiger partial charge in [0.05, 0.1) is 5.92 Å². The van der Waals surface area contributed by atoms with Gasteiger partial charge in [0.2, 0.25) is 5.91 Å². The Labute approximate surface area is 154 Å². The van der Waals surface area contributed by atoms with Crippen molar-refractivity contribution in [3.63, 3.8) is 0 Å². The molecular weight excluding hydrogens is 350 g/mol. The third kappa shape index (κ3) is 3.10. The lowest BCUT2D eigenvalue weighted by atomic mass is 9.97. The Balaban J connectivity index is 1.50. The van der Waals surface area contributed by atoms with Crippen LogP contribution in [-0.4, -0.2) is 34.8 Å². The zero-order valence-electron chi connectivity index (χ0n) is 14.4. The minimum absolute atomic E-state index is 0.0845. The molecule has 26 heavy (non-hydrogen) atoms. The zero-order chi connectivity index (χ0) is 18.1. The van der Waals surface area contributed by atoms with Crippen molar-refractivity contribution < 1.29 is 14.0 Å². The van der Waals surface area contributed by atoms with Crippen molar-refractivity contribution in [3.05, 3.63) is 47.2 Å². The van der Waals surface area contributed by atoms with Gasteiger partial charge in [-0.25, -0.2) is 4.98 Å². The standard InChI is InChI=1S/C19H19N3O3S/c1-12-14-6-2-3-7-15(14)25-16(12)18(24)22-9-4-5-13(11-22)17(23)21-19-20-8-10-26-19/h2-3,6-8,10,13H,4-5,9,11H2,1H3,(H,20,21,23). The number of nitrogens with one attached hydrogen (secondary N) is 1. The van der Waals surface area contributed by atoms with E-state index in [0.717, 1.165) is 23.8 Å². The van der Waals surface area contributed by atoms with Gasteiger partial charge in [0.1, 0.15) is 5.58 Å². The van der Waals surface area contributed by atoms with Gasteiger partial charge in [-0.2, -0.15) is 0 Å². The van der Waals surface area contributed by atoms with Crippen molar-refractivity contribution in [1.82, 2.24) is 9.88 Å². The molecule has 3 heterocycles. The number of carbonyl (C=O) groups is 2. The minimum Gasteiger partial charge on any atom is -0.451 e. The third-order valence-corrected chi connectivity index (χ3v) is 5.47. The molecule has 0 aliphatic carbocycles. The molecule has 6 nitrogen and oxygen atoms in total. The van der Waals surface area contributed by atoms with Crippen LogP contribution in [0.2, 0.25) is 0 Å². The number of aryl methyl sites for hydroxylation is 1. The molecule has 1 aliphatic heterocycles. The number of para-hydroxylation sites is 1. The van der Waals surface area contributed by atoms with Gasteiger partial charge in [-0.3, -0.25) is 9.59 Å². The highest BCUT2D eigenvalue weighted by Crippen LogP contribution is 2.28. The van der Waals surface area contributed by atoms with E-state index in [0.29, 0.717) is 29.6 Å². The lowest BCUT2D eigenvalue weighted by molar-refractivity contribution is -0.121. The summed E-state index contributed by atoms with van der Waals surface area (Å²) >= 11 is 1.38. The lowest BCUT2D eigenvalue weighted by Gasteiger charge is -2.31. The molecule has 1 N–H and O–H groups in total. The first-order chi connectivity index (χ1) is 12.6. The number of anilines is 1. The number of rotatable bonds is 3. The summed E-state index contributed by atoms with van der Waals surface area (Å²) in [6, 6.07) is 7.63. The fourth-order valence-electron chi connectivity index (χ4n) is 3.39. The molecular formula is C19H19N3O3S. The van der Waals surface area contributed by atoms with Crippen molar-refractivity contribution in [2.75, 3.05) is 18.4 Å². The van der Waals surface area contributed by atoms with Crippen molar-refractivity contribution in [2.24, 2.45) is 5.92 Å². The van der Waals surface area contributed by atoms with E-state index in [4.69, 9.17) is 4.42 Å². The van der Waals surface area contributed by atoms with Crippen molar-refractivity contribution in [3.8, 4) is 0 Å². The smallest absolute Gasteiger partial charge is 0.289 e. The van der Waals surface area contributed by atoms with E-state index in [1.54, 1.807) is 11.1 Å². The van der Waals surface area contributed by atoms with Gasteiger partial charge in [-0.05, 0) is 25.8 Å². The van der Waals surface area contributed by atoms with Crippen LogP contribution in [0.25, 0.3) is 11.0 Å². The average Bonchev–Trinajstić information content (AvgIpc) is 3.29. The largest absolute Gasteiger partial charge is 0.451 e. The average molecular weight is 369 g/mol. The number of hydrogen-bond donors (Lipinski definition) is 1. The van der Waals surface area contributed by atoms with Crippen LogP contribution in [0.3, 0.4) is 0 Å². The van der Waals surface area contributed by atoms with E-state index in [1.165, 1.54) is 11.3 Å². The number of thiazole rings is 1. The Hall–Kier alpha value is -2.67. The van der Waals surface area contributed by atoms with Crippen molar-refractivity contribution in [2.45, 2.75) is 19.8 Å². The molecule has 3 aromatic rings. The van der Waals surface area contributed by atoms with Crippen LogP contribution in [0.15, 0.2) is 40.3 Å². The quantitative estimate of drug-likeness (QED) is 0.764. The molecule has 1 aliphatic rings. The predicted octanol–water partition coefficient (Wildman–Crippen LogP) is 3.69. The highest BCUT2D eigenvalue weighted by molar-refractivity contribution is 7.13. The molecule has 0 radical (unpaired) electrons. The van der Waals surface area contributed by atoms with Gasteiger partial charge in [-0.15, -0.1) is 11.3 Å². The summed E-state index contributed by atoms with van der Waals surface area (Å²) in [5.41, 5.74) is 1.56. The van der Waals surface area contributed by atoms with Gasteiger partial charge < -0.3 is 14.6 Å². The summed E-state index contributed by atoms with van der Waals surface area (Å²) in [5.74, 6) is -0.0994. The van der Waals surface area contributed by atoms with Crippen LogP contribution in [0.1, 0.15) is 29.0 Å². The maximum absolute atomic E-state index is 13.0. The number of fused-ring (bicyclic) bond motifs is 1. The topological polar surface area (TPSA) is 75.4 Å². The number of likely N-dealkylation sites (tertiary alicyclic amines) is 1. The fraction of sp³-hybridized carbons (Fsp3) is 0.316. The number of piperidine rings is 1. The monoisotopic (exact) mass is 369 g/mol.